The number of aromatic amines is 1. The number of aromatic nitrogens is 4. The van der Waals surface area contributed by atoms with Gasteiger partial charge in [0.25, 0.3) is 23.6 Å². The highest BCUT2D eigenvalue weighted by Gasteiger charge is 2.46. The molecule has 6 atom stereocenters. The zero-order chi connectivity index (χ0) is 65.4. The largest absolute Gasteiger partial charge is 0.508 e. The number of phenolic OH excluding ortho intramolecular Hbond substituents is 1. The monoisotopic (exact) mass is 1290 g/mol. The number of ether oxygens (including phenoxy) is 5. The van der Waals surface area contributed by atoms with E-state index in [0.29, 0.717) is 60.4 Å². The molecular weight excluding hydrogens is 1210 g/mol. The summed E-state index contributed by atoms with van der Waals surface area (Å²) in [6.07, 6.45) is -3.74. The normalized spacial score (nSPS) is 19.9. The number of imide groups is 1. The van der Waals surface area contributed by atoms with Gasteiger partial charge in [-0.2, -0.15) is 0 Å². The number of amides is 4. The van der Waals surface area contributed by atoms with Crippen LogP contribution in [0.1, 0.15) is 93.4 Å². The molecule has 4 aromatic carbocycles. The maximum Gasteiger partial charge on any atom is 0.501 e. The van der Waals surface area contributed by atoms with Crippen molar-refractivity contribution in [3.8, 4) is 28.7 Å². The highest BCUT2D eigenvalue weighted by molar-refractivity contribution is 7.82. The molecule has 3 aliphatic rings. The first kappa shape index (κ1) is 67.0. The Morgan fingerprint density at radius 2 is 1.46 bits per heavy atom. The molecule has 6 aromatic rings. The van der Waals surface area contributed by atoms with Crippen LogP contribution in [0.3, 0.4) is 0 Å². The third-order valence-electron chi connectivity index (χ3n) is 15.7. The fraction of sp³-hybridized carbons (Fsp3) is 0.492. The van der Waals surface area contributed by atoms with E-state index in [-0.39, 0.29) is 83.2 Å². The molecule has 2 aromatic heterocycles. The predicted molar refractivity (Wildman–Crippen MR) is 330 cm³/mol. The number of nitrogens with zero attached hydrogens (tertiary/aromatic N) is 6. The number of nitrogens with one attached hydrogen (secondary N) is 1. The van der Waals surface area contributed by atoms with Crippen LogP contribution in [0.25, 0.3) is 21.7 Å². The molecule has 3 aliphatic heterocycles. The first-order chi connectivity index (χ1) is 42.3. The number of alkyl halides is 1. The van der Waals surface area contributed by atoms with E-state index >= 15 is 0 Å². The van der Waals surface area contributed by atoms with E-state index < -0.39 is 93.2 Å². The van der Waals surface area contributed by atoms with Crippen molar-refractivity contribution in [2.45, 2.75) is 105 Å². The van der Waals surface area contributed by atoms with E-state index in [0.717, 1.165) is 11.8 Å². The lowest BCUT2D eigenvalue weighted by Crippen LogP contribution is -2.60. The summed E-state index contributed by atoms with van der Waals surface area (Å²) in [6.45, 7) is 17.4. The smallest absolute Gasteiger partial charge is 0.501 e. The maximum absolute atomic E-state index is 14.5. The second-order valence-corrected chi connectivity index (χ2v) is 27.9. The number of benzene rings is 4. The van der Waals surface area contributed by atoms with Gasteiger partial charge < -0.3 is 72.4 Å². The summed E-state index contributed by atoms with van der Waals surface area (Å²) >= 11 is 6.58. The zero-order valence-electron chi connectivity index (χ0n) is 51.8. The van der Waals surface area contributed by atoms with Crippen LogP contribution in [-0.2, 0) is 47.2 Å². The lowest BCUT2D eigenvalue weighted by molar-refractivity contribution is -0.277. The highest BCUT2D eigenvalue weighted by atomic mass is 35.5. The molecule has 486 valence electrons. The minimum atomic E-state index is -5.28. The molecule has 27 heteroatoms. The molecule has 1 saturated heterocycles. The average molecular weight is 1290 g/mol. The van der Waals surface area contributed by atoms with Crippen molar-refractivity contribution in [1.82, 2.24) is 29.8 Å². The third kappa shape index (κ3) is 15.5. The van der Waals surface area contributed by atoms with Gasteiger partial charge in [-0.25, -0.2) is 0 Å². The molecule has 0 bridgehead atoms. The number of phenols is 1. The second-order valence-electron chi connectivity index (χ2n) is 26.5. The van der Waals surface area contributed by atoms with Gasteiger partial charge in [-0.05, 0) is 77.0 Å². The number of anilines is 1. The number of aliphatic hydroxyl groups is 4. The summed E-state index contributed by atoms with van der Waals surface area (Å²) in [7, 11) is -2.27. The molecule has 0 aliphatic carbocycles. The fourth-order valence-electron chi connectivity index (χ4n) is 11.4. The molecule has 5 heterocycles. The van der Waals surface area contributed by atoms with Crippen molar-refractivity contribution < 1.29 is 85.2 Å². The number of rotatable bonds is 27. The minimum absolute atomic E-state index is 0.000697. The first-order valence-electron chi connectivity index (χ1n) is 29.2. The van der Waals surface area contributed by atoms with Gasteiger partial charge in [-0.15, -0.1) is 25.1 Å². The minimum Gasteiger partial charge on any atom is -0.508 e. The first-order valence-corrected chi connectivity index (χ1v) is 31.1. The molecule has 0 spiro atoms. The Balaban J connectivity index is 0.883. The number of fused-ring (bicyclic) bond motifs is 4. The second kappa shape index (κ2) is 26.4. The van der Waals surface area contributed by atoms with E-state index in [1.165, 1.54) is 64.3 Å². The van der Waals surface area contributed by atoms with E-state index in [9.17, 15) is 53.1 Å². The lowest BCUT2D eigenvalue weighted by atomic mass is 9.88. The van der Waals surface area contributed by atoms with Crippen molar-refractivity contribution in [1.29, 1.82) is 0 Å². The van der Waals surface area contributed by atoms with Gasteiger partial charge in [0.15, 0.2) is 17.2 Å². The number of methoxy groups -OCH3 is 1. The number of aliphatic hydroxyl groups excluding tert-OH is 4. The molecule has 0 radical (unpaired) electrons. The van der Waals surface area contributed by atoms with Crippen molar-refractivity contribution in [3.63, 3.8) is 0 Å². The predicted octanol–water partition coefficient (Wildman–Crippen LogP) is 5.87. The summed E-state index contributed by atoms with van der Waals surface area (Å²) in [4.78, 5) is 60.2. The summed E-state index contributed by atoms with van der Waals surface area (Å²) in [5, 5.41) is 62.2. The standard InChI is InChI=1S/C63H78ClN7O18S/c1-60(2,32-84-35-63(7,8)31-71-51(74)17-18-52(71)75)24-39-27-69(67-66-39)30-62(5,6)34-85-33-61(3,4)29-68(9)57(79)36-11-16-47(86-59-56(78)55(77)54(76)50(28-72)87-59)49(21-36)89-90(81,82)88-48-23-46-53(43-22-41(83-10)13-14-42(43)48)38(25-64)26-70(46)58(80)45-20-37-19-40(73)12-15-44(37)65-45/h11-23,27,38,50,54-56,59,65,72-73,76-78H,24-26,28-35H2,1-10H3/t38-,50-,54+,55+,56-,59-/m1/s1. The zero-order valence-corrected chi connectivity index (χ0v) is 53.4. The van der Waals surface area contributed by atoms with Gasteiger partial charge in [0.1, 0.15) is 41.6 Å². The van der Waals surface area contributed by atoms with Crippen molar-refractivity contribution >= 4 is 73.0 Å². The highest BCUT2D eigenvalue weighted by Crippen LogP contribution is 2.48. The SMILES string of the molecule is COc1ccc2c(OS(=O)(=O)Oc3cc(C(=O)N(C)CC(C)(C)COCC(C)(C)Cn4cc(CC(C)(C)COCC(C)(C)CN5C(=O)C=CC5=O)nn4)ccc3O[C@@H]3O[C@H](CO)[C@H](O)[C@H](O)[C@H]3O)cc3c(c2c1)[C@H](CCl)CN3C(=O)c1cc2cc(O)ccc2[nH]1. The summed E-state index contributed by atoms with van der Waals surface area (Å²) < 4.78 is 71.7. The van der Waals surface area contributed by atoms with Gasteiger partial charge in [0, 0.05) is 114 Å². The van der Waals surface area contributed by atoms with Crippen LogP contribution >= 0.6 is 11.6 Å². The fourth-order valence-corrected chi connectivity index (χ4v) is 12.4. The summed E-state index contributed by atoms with van der Waals surface area (Å²) in [6, 6.07) is 16.0. The number of hydrogen-bond acceptors (Lipinski definition) is 20. The van der Waals surface area contributed by atoms with Crippen molar-refractivity contribution in [2.24, 2.45) is 21.7 Å². The third-order valence-corrected chi connectivity index (χ3v) is 16.8. The average Bonchev–Trinajstić information content (AvgIpc) is 1.53. The number of aromatic hydroxyl groups is 1. The van der Waals surface area contributed by atoms with E-state index in [1.54, 1.807) is 42.1 Å². The van der Waals surface area contributed by atoms with Crippen LogP contribution in [0.2, 0.25) is 0 Å². The van der Waals surface area contributed by atoms with Gasteiger partial charge in [-0.1, -0.05) is 60.6 Å². The van der Waals surface area contributed by atoms with Crippen molar-refractivity contribution in [2.75, 3.05) is 77.6 Å². The molecule has 0 saturated carbocycles. The Bertz CT molecular complexity index is 3790. The molecule has 4 amide bonds. The van der Waals surface area contributed by atoms with Crippen LogP contribution in [0, 0.1) is 21.7 Å². The topological polar surface area (TPSA) is 324 Å². The molecule has 1 fully saturated rings. The summed E-state index contributed by atoms with van der Waals surface area (Å²) in [5.41, 5.74) is 0.502. The number of H-pyrrole nitrogens is 1. The summed E-state index contributed by atoms with van der Waals surface area (Å²) in [5.74, 6) is -3.05. The lowest BCUT2D eigenvalue weighted by Gasteiger charge is -2.39. The van der Waals surface area contributed by atoms with Crippen molar-refractivity contribution in [3.05, 3.63) is 108 Å². The van der Waals surface area contributed by atoms with Crippen LogP contribution in [0.15, 0.2) is 85.1 Å². The molecular formula is C63H78ClN7O18S. The Hall–Kier alpha value is -7.40. The Kier molecular flexibility index (Phi) is 19.7. The quantitative estimate of drug-likeness (QED) is 0.0259. The van der Waals surface area contributed by atoms with E-state index in [4.69, 9.17) is 43.7 Å². The molecule has 0 unspecified atom stereocenters. The van der Waals surface area contributed by atoms with Crippen LogP contribution in [-0.4, -0.2) is 191 Å². The molecule has 6 N–H and O–H groups in total. The molecule has 90 heavy (non-hydrogen) atoms. The van der Waals surface area contributed by atoms with Gasteiger partial charge in [0.05, 0.1) is 51.5 Å². The number of carbonyl (C=O) groups is 4. The van der Waals surface area contributed by atoms with E-state index in [2.05, 4.69) is 29.1 Å². The molecule has 25 nitrogen and oxygen atoms in total. The number of halogens is 1. The number of carbonyl (C=O) groups excluding carboxylic acids is 4. The van der Waals surface area contributed by atoms with Gasteiger partial charge >= 0.3 is 10.4 Å². The Labute approximate surface area is 526 Å². The molecule has 9 rings (SSSR count). The van der Waals surface area contributed by atoms with Crippen LogP contribution in [0.5, 0.6) is 28.7 Å². The maximum atomic E-state index is 14.5. The van der Waals surface area contributed by atoms with Crippen LogP contribution in [0.4, 0.5) is 5.69 Å². The van der Waals surface area contributed by atoms with Gasteiger partial charge in [-0.3, -0.25) is 28.8 Å². The Morgan fingerprint density at radius 3 is 2.13 bits per heavy atom. The number of hydrogen-bond donors (Lipinski definition) is 6. The Morgan fingerprint density at radius 1 is 0.789 bits per heavy atom. The van der Waals surface area contributed by atoms with Crippen LogP contribution < -0.4 is 22.7 Å². The van der Waals surface area contributed by atoms with Gasteiger partial charge in [0.2, 0.25) is 6.29 Å². The van der Waals surface area contributed by atoms with E-state index in [1.807, 2.05) is 47.7 Å².